The van der Waals surface area contributed by atoms with Crippen LogP contribution in [-0.4, -0.2) is 126 Å². The van der Waals surface area contributed by atoms with Gasteiger partial charge in [0.2, 0.25) is 5.91 Å². The molecular weight excluding hydrogens is 847 g/mol. The molecule has 0 aliphatic rings. The maximum atomic E-state index is 13.1. The van der Waals surface area contributed by atoms with Crippen LogP contribution >= 0.6 is 0 Å². The second-order valence-electron chi connectivity index (χ2n) is 22.3. The monoisotopic (exact) mass is 932 g/mol. The van der Waals surface area contributed by atoms with E-state index in [2.05, 4.69) is 58.0 Å². The van der Waals surface area contributed by atoms with Gasteiger partial charge in [-0.05, 0) is 39.9 Å². The van der Waals surface area contributed by atoms with Crippen molar-refractivity contribution in [3.8, 4) is 0 Å². The number of rotatable bonds is 24. The summed E-state index contributed by atoms with van der Waals surface area (Å²) >= 11 is 0. The molecule has 0 rings (SSSR count). The molecule has 0 fully saturated rings. The third kappa shape index (κ3) is 39.2. The van der Waals surface area contributed by atoms with Crippen molar-refractivity contribution in [2.75, 3.05) is 65.8 Å². The molecule has 7 amide bonds. The maximum absolute atomic E-state index is 13.1. The zero-order chi connectivity index (χ0) is 50.1. The van der Waals surface area contributed by atoms with E-state index in [4.69, 9.17) is 28.4 Å². The van der Waals surface area contributed by atoms with Crippen molar-refractivity contribution in [2.24, 2.45) is 27.1 Å². The Morgan fingerprint density at radius 2 is 0.600 bits per heavy atom. The molecule has 0 unspecified atom stereocenters. The molecule has 0 heterocycles. The van der Waals surface area contributed by atoms with Crippen LogP contribution in [0.1, 0.15) is 136 Å². The van der Waals surface area contributed by atoms with E-state index >= 15 is 0 Å². The normalized spacial score (nSPS) is 12.2. The summed E-state index contributed by atoms with van der Waals surface area (Å²) in [6.45, 7) is 28.3. The van der Waals surface area contributed by atoms with Gasteiger partial charge in [0.15, 0.2) is 0 Å². The van der Waals surface area contributed by atoms with Crippen LogP contribution in [0.3, 0.4) is 0 Å². The van der Waals surface area contributed by atoms with Gasteiger partial charge in [-0.15, -0.1) is 0 Å². The third-order valence-electron chi connectivity index (χ3n) is 8.39. The van der Waals surface area contributed by atoms with Gasteiger partial charge >= 0.3 is 36.6 Å². The molecule has 0 spiro atoms. The Morgan fingerprint density at radius 1 is 0.338 bits per heavy atom. The van der Waals surface area contributed by atoms with Crippen LogP contribution in [0.5, 0.6) is 0 Å². The van der Waals surface area contributed by atoms with Crippen molar-refractivity contribution in [1.82, 2.24) is 37.2 Å². The SMILES string of the molecule is CC(C)(C)CCCCCC(=O)NC(COC(=O)NC(COC(=O)NCC(C)(C)C)COC(=O)NCC(C)(C)C)COC(=O)NC(COC(=O)NCC(C)(C)C)COC(=O)NCC(C)(C)C. The number of alkyl carbamates (subject to hydrolysis) is 6. The fourth-order valence-electron chi connectivity index (χ4n) is 4.84. The Labute approximate surface area is 387 Å². The highest BCUT2D eigenvalue weighted by Gasteiger charge is 2.25. The minimum Gasteiger partial charge on any atom is -0.447 e. The van der Waals surface area contributed by atoms with Crippen LogP contribution < -0.4 is 37.2 Å². The molecule has 0 bridgehead atoms. The molecule has 0 aromatic rings. The molecule has 0 aromatic carbocycles. The van der Waals surface area contributed by atoms with E-state index in [0.717, 1.165) is 19.3 Å². The average molecular weight is 932 g/mol. The van der Waals surface area contributed by atoms with Crippen LogP contribution in [-0.2, 0) is 33.2 Å². The molecule has 7 N–H and O–H groups in total. The summed E-state index contributed by atoms with van der Waals surface area (Å²) in [6, 6.07) is -3.12. The first-order chi connectivity index (χ1) is 29.7. The molecule has 378 valence electrons. The van der Waals surface area contributed by atoms with Crippen LogP contribution in [0, 0.1) is 27.1 Å². The lowest BCUT2D eigenvalue weighted by molar-refractivity contribution is -0.122. The largest absolute Gasteiger partial charge is 0.447 e. The van der Waals surface area contributed by atoms with E-state index in [-0.39, 0.29) is 65.8 Å². The smallest absolute Gasteiger partial charge is 0.407 e. The summed E-state index contributed by atoms with van der Waals surface area (Å²) in [5.41, 5.74) is -0.747. The molecule has 0 atom stereocenters. The zero-order valence-electron chi connectivity index (χ0n) is 42.1. The first-order valence-electron chi connectivity index (χ1n) is 22.5. The first-order valence-corrected chi connectivity index (χ1v) is 22.5. The van der Waals surface area contributed by atoms with Crippen LogP contribution in [0.25, 0.3) is 0 Å². The fourth-order valence-corrected chi connectivity index (χ4v) is 4.84. The highest BCUT2D eigenvalue weighted by molar-refractivity contribution is 5.76. The van der Waals surface area contributed by atoms with E-state index in [1.165, 1.54) is 0 Å². The topological polar surface area (TPSA) is 259 Å². The van der Waals surface area contributed by atoms with Crippen molar-refractivity contribution in [3.05, 3.63) is 0 Å². The van der Waals surface area contributed by atoms with E-state index in [9.17, 15) is 33.6 Å². The van der Waals surface area contributed by atoms with Crippen LogP contribution in [0.15, 0.2) is 0 Å². The van der Waals surface area contributed by atoms with Gasteiger partial charge in [-0.2, -0.15) is 0 Å². The summed E-state index contributed by atoms with van der Waals surface area (Å²) < 4.78 is 32.0. The summed E-state index contributed by atoms with van der Waals surface area (Å²) in [6.07, 6.45) is -1.52. The fraction of sp³-hybridized carbons (Fsp3) is 0.844. The molecule has 0 aliphatic heterocycles. The minimum absolute atomic E-state index is 0.159. The van der Waals surface area contributed by atoms with Gasteiger partial charge in [-0.25, -0.2) is 28.8 Å². The number of carbonyl (C=O) groups is 7. The Kier molecular flexibility index (Phi) is 26.7. The number of amides is 7. The van der Waals surface area contributed by atoms with Gasteiger partial charge in [0.25, 0.3) is 0 Å². The van der Waals surface area contributed by atoms with Crippen molar-refractivity contribution < 1.29 is 62.0 Å². The van der Waals surface area contributed by atoms with Crippen molar-refractivity contribution in [3.63, 3.8) is 0 Å². The Hall–Kier alpha value is -4.91. The molecule has 65 heavy (non-hydrogen) atoms. The van der Waals surface area contributed by atoms with E-state index < -0.39 is 67.9 Å². The number of hydrogen-bond donors (Lipinski definition) is 7. The van der Waals surface area contributed by atoms with Gasteiger partial charge in [-0.1, -0.05) is 117 Å². The number of nitrogens with one attached hydrogen (secondary N) is 7. The van der Waals surface area contributed by atoms with Crippen LogP contribution in [0.2, 0.25) is 0 Å². The lowest BCUT2D eigenvalue weighted by Gasteiger charge is -2.23. The van der Waals surface area contributed by atoms with Crippen molar-refractivity contribution in [2.45, 2.75) is 154 Å². The summed E-state index contributed by atoms with van der Waals surface area (Å²) in [4.78, 5) is 89.0. The molecule has 0 aromatic heterocycles. The van der Waals surface area contributed by atoms with Gasteiger partial charge in [0, 0.05) is 32.6 Å². The minimum atomic E-state index is -1.04. The molecular formula is C45H85N7O13. The highest BCUT2D eigenvalue weighted by Crippen LogP contribution is 2.22. The van der Waals surface area contributed by atoms with Gasteiger partial charge in [0.1, 0.15) is 51.7 Å². The standard InChI is InChI=1S/C45H85N7O13/c1-41(2,3)20-18-16-17-19-34(53)50-31(21-64-39(58)51-32(23-60-35(54)46-27-42(4,5)6)24-61-36(55)47-28-43(7,8)9)22-65-40(59)52-33(25-62-37(56)48-29-44(10,11)12)26-63-38(57)49-30-45(13,14)15/h31-33H,16-30H2,1-15H3,(H,46,54)(H,47,55)(H,48,56)(H,49,57)(H,50,53)(H,51,58)(H,52,59). The summed E-state index contributed by atoms with van der Waals surface area (Å²) in [5.74, 6) is -0.372. The van der Waals surface area contributed by atoms with Gasteiger partial charge < -0.3 is 65.6 Å². The Bertz CT molecular complexity index is 1320. The molecule has 0 aliphatic carbocycles. The zero-order valence-corrected chi connectivity index (χ0v) is 42.1. The molecule has 0 saturated heterocycles. The van der Waals surface area contributed by atoms with E-state index in [1.54, 1.807) is 0 Å². The first kappa shape index (κ1) is 60.1. The number of carbonyl (C=O) groups excluding carboxylic acids is 7. The van der Waals surface area contributed by atoms with Gasteiger partial charge in [0.05, 0.1) is 6.04 Å². The number of ether oxygens (including phenoxy) is 6. The molecule has 20 heteroatoms. The van der Waals surface area contributed by atoms with Crippen molar-refractivity contribution in [1.29, 1.82) is 0 Å². The Balaban J connectivity index is 5.93. The highest BCUT2D eigenvalue weighted by atomic mass is 16.6. The maximum Gasteiger partial charge on any atom is 0.407 e. The lowest BCUT2D eigenvalue weighted by Crippen LogP contribution is -2.48. The number of hydrogen-bond acceptors (Lipinski definition) is 13. The quantitative estimate of drug-likeness (QED) is 0.0391. The van der Waals surface area contributed by atoms with Crippen LogP contribution in [0.4, 0.5) is 28.8 Å². The second kappa shape index (κ2) is 28.9. The van der Waals surface area contributed by atoms with Gasteiger partial charge in [-0.3, -0.25) is 4.79 Å². The predicted molar refractivity (Wildman–Crippen MR) is 246 cm³/mol. The van der Waals surface area contributed by atoms with Crippen molar-refractivity contribution >= 4 is 42.5 Å². The lowest BCUT2D eigenvalue weighted by atomic mass is 9.89. The summed E-state index contributed by atoms with van der Waals surface area (Å²) in [5, 5.41) is 18.3. The Morgan fingerprint density at radius 3 is 0.862 bits per heavy atom. The third-order valence-corrected chi connectivity index (χ3v) is 8.39. The number of unbranched alkanes of at least 4 members (excludes halogenated alkanes) is 2. The summed E-state index contributed by atoms with van der Waals surface area (Å²) in [7, 11) is 0. The molecule has 0 saturated carbocycles. The second-order valence-corrected chi connectivity index (χ2v) is 22.3. The predicted octanol–water partition coefficient (Wildman–Crippen LogP) is 6.75. The van der Waals surface area contributed by atoms with E-state index in [0.29, 0.717) is 32.6 Å². The van der Waals surface area contributed by atoms with E-state index in [1.807, 2.05) is 83.1 Å². The average Bonchev–Trinajstić information content (AvgIpc) is 3.15. The molecule has 0 radical (unpaired) electrons. The molecule has 20 nitrogen and oxygen atoms in total.